The molecule has 0 spiro atoms. The van der Waals surface area contributed by atoms with Crippen LogP contribution in [-0.4, -0.2) is 10.2 Å². The number of hydrogen-bond donors (Lipinski definition) is 0. The van der Waals surface area contributed by atoms with Gasteiger partial charge >= 0.3 is 6.18 Å². The molecule has 0 aliphatic heterocycles. The fraction of sp³-hybridized carbons (Fsp3) is 0.200. The van der Waals surface area contributed by atoms with Crippen molar-refractivity contribution in [2.75, 3.05) is 0 Å². The highest BCUT2D eigenvalue weighted by Crippen LogP contribution is 2.29. The molecule has 17 heavy (non-hydrogen) atoms. The van der Waals surface area contributed by atoms with Crippen LogP contribution in [0.25, 0.3) is 0 Å². The molecule has 0 N–H and O–H groups in total. The van der Waals surface area contributed by atoms with E-state index < -0.39 is 11.7 Å². The zero-order valence-electron chi connectivity index (χ0n) is 8.33. The third-order valence-corrected chi connectivity index (χ3v) is 3.10. The normalized spacial score (nSPS) is 11.8. The van der Waals surface area contributed by atoms with Gasteiger partial charge in [0.05, 0.1) is 5.56 Å². The van der Waals surface area contributed by atoms with Crippen molar-refractivity contribution in [2.45, 2.75) is 12.6 Å². The summed E-state index contributed by atoms with van der Waals surface area (Å²) in [7, 11) is 0. The molecule has 90 valence electrons. The summed E-state index contributed by atoms with van der Waals surface area (Å²) >= 11 is 6.82. The number of alkyl halides is 3. The van der Waals surface area contributed by atoms with Crippen LogP contribution in [0.4, 0.5) is 13.2 Å². The fourth-order valence-corrected chi connectivity index (χ4v) is 2.19. The van der Waals surface area contributed by atoms with Gasteiger partial charge in [-0.3, -0.25) is 0 Å². The maximum absolute atomic E-state index is 12.3. The molecule has 7 heteroatoms. The maximum Gasteiger partial charge on any atom is 0.416 e. The Morgan fingerprint density at radius 2 is 1.76 bits per heavy atom. The van der Waals surface area contributed by atoms with Crippen LogP contribution in [-0.2, 0) is 12.6 Å². The Hall–Kier alpha value is -1.14. The van der Waals surface area contributed by atoms with E-state index in [1.807, 2.05) is 0 Å². The summed E-state index contributed by atoms with van der Waals surface area (Å²) in [5.41, 5.74) is 0.0855. The molecule has 0 fully saturated rings. The first-order valence-corrected chi connectivity index (χ1v) is 5.78. The number of halogens is 4. The van der Waals surface area contributed by atoms with Crippen molar-refractivity contribution in [1.29, 1.82) is 0 Å². The van der Waals surface area contributed by atoms with Crippen LogP contribution in [0, 0.1) is 0 Å². The summed E-state index contributed by atoms with van der Waals surface area (Å²) in [6.45, 7) is 0. The Labute approximate surface area is 104 Å². The van der Waals surface area contributed by atoms with E-state index >= 15 is 0 Å². The molecule has 0 radical (unpaired) electrons. The van der Waals surface area contributed by atoms with Gasteiger partial charge in [-0.1, -0.05) is 23.5 Å². The largest absolute Gasteiger partial charge is 0.416 e. The topological polar surface area (TPSA) is 25.8 Å². The highest BCUT2D eigenvalue weighted by molar-refractivity contribution is 7.15. The summed E-state index contributed by atoms with van der Waals surface area (Å²) in [6.07, 6.45) is -3.87. The zero-order valence-corrected chi connectivity index (χ0v) is 9.90. The standard InChI is InChI=1S/C10H6ClF3N2S/c11-9-16-15-8(17-9)5-6-1-3-7(4-2-6)10(12,13)14/h1-4H,5H2. The second-order valence-corrected chi connectivity index (χ2v) is 4.96. The van der Waals surface area contributed by atoms with Gasteiger partial charge in [-0.05, 0) is 29.3 Å². The van der Waals surface area contributed by atoms with E-state index in [9.17, 15) is 13.2 Å². The number of rotatable bonds is 2. The van der Waals surface area contributed by atoms with Crippen molar-refractivity contribution in [3.63, 3.8) is 0 Å². The number of benzene rings is 1. The van der Waals surface area contributed by atoms with Gasteiger partial charge < -0.3 is 0 Å². The van der Waals surface area contributed by atoms with Gasteiger partial charge in [0.25, 0.3) is 0 Å². The maximum atomic E-state index is 12.3. The average Bonchev–Trinajstić information content (AvgIpc) is 2.63. The van der Waals surface area contributed by atoms with E-state index in [1.165, 1.54) is 23.5 Å². The lowest BCUT2D eigenvalue weighted by molar-refractivity contribution is -0.137. The highest BCUT2D eigenvalue weighted by atomic mass is 35.5. The molecule has 0 saturated heterocycles. The quantitative estimate of drug-likeness (QED) is 0.835. The third-order valence-electron chi connectivity index (χ3n) is 2.08. The minimum absolute atomic E-state index is 0.326. The Balaban J connectivity index is 2.13. The van der Waals surface area contributed by atoms with Gasteiger partial charge in [0.15, 0.2) is 0 Å². The number of hydrogen-bond acceptors (Lipinski definition) is 3. The summed E-state index contributed by atoms with van der Waals surface area (Å²) in [5, 5.41) is 8.10. The zero-order chi connectivity index (χ0) is 12.5. The van der Waals surface area contributed by atoms with Crippen molar-refractivity contribution in [1.82, 2.24) is 10.2 Å². The van der Waals surface area contributed by atoms with Gasteiger partial charge in [-0.25, -0.2) is 0 Å². The average molecular weight is 279 g/mol. The molecule has 0 saturated carbocycles. The van der Waals surface area contributed by atoms with E-state index in [2.05, 4.69) is 10.2 Å². The Morgan fingerprint density at radius 3 is 2.24 bits per heavy atom. The summed E-state index contributed by atoms with van der Waals surface area (Å²) < 4.78 is 37.3. The van der Waals surface area contributed by atoms with Crippen LogP contribution >= 0.6 is 22.9 Å². The van der Waals surface area contributed by atoms with Crippen molar-refractivity contribution < 1.29 is 13.2 Å². The first-order valence-electron chi connectivity index (χ1n) is 4.59. The molecule has 1 aromatic heterocycles. The van der Waals surface area contributed by atoms with Gasteiger partial charge in [0, 0.05) is 6.42 Å². The van der Waals surface area contributed by atoms with Gasteiger partial charge in [-0.2, -0.15) is 13.2 Å². The van der Waals surface area contributed by atoms with Crippen molar-refractivity contribution >= 4 is 22.9 Å². The van der Waals surface area contributed by atoms with Crippen LogP contribution in [0.15, 0.2) is 24.3 Å². The van der Waals surface area contributed by atoms with E-state index in [0.29, 0.717) is 15.9 Å². The van der Waals surface area contributed by atoms with Gasteiger partial charge in [0.2, 0.25) is 4.47 Å². The van der Waals surface area contributed by atoms with Crippen LogP contribution in [0.1, 0.15) is 16.1 Å². The molecule has 2 rings (SSSR count). The van der Waals surface area contributed by atoms with Gasteiger partial charge in [-0.15, -0.1) is 10.2 Å². The first-order chi connectivity index (χ1) is 7.95. The van der Waals surface area contributed by atoms with Crippen LogP contribution < -0.4 is 0 Å². The molecular formula is C10H6ClF3N2S. The Morgan fingerprint density at radius 1 is 1.12 bits per heavy atom. The summed E-state index contributed by atoms with van der Waals surface area (Å²) in [5.74, 6) is 0. The molecule has 0 aliphatic carbocycles. The van der Waals surface area contributed by atoms with Crippen molar-refractivity contribution in [3.05, 3.63) is 44.9 Å². The Bertz CT molecular complexity index is 507. The van der Waals surface area contributed by atoms with Crippen molar-refractivity contribution in [2.24, 2.45) is 0 Å². The van der Waals surface area contributed by atoms with Crippen molar-refractivity contribution in [3.8, 4) is 0 Å². The van der Waals surface area contributed by atoms with Crippen LogP contribution in [0.3, 0.4) is 0 Å². The van der Waals surface area contributed by atoms with E-state index in [-0.39, 0.29) is 0 Å². The molecule has 2 nitrogen and oxygen atoms in total. The lowest BCUT2D eigenvalue weighted by Crippen LogP contribution is -2.04. The molecule has 0 bridgehead atoms. The SMILES string of the molecule is FC(F)(F)c1ccc(Cc2nnc(Cl)s2)cc1. The summed E-state index contributed by atoms with van der Waals surface area (Å²) in [6, 6.07) is 4.96. The van der Waals surface area contributed by atoms with E-state index in [4.69, 9.17) is 11.6 Å². The Kier molecular flexibility index (Phi) is 3.35. The first kappa shape index (κ1) is 12.3. The molecule has 1 aromatic carbocycles. The second-order valence-electron chi connectivity index (χ2n) is 3.32. The highest BCUT2D eigenvalue weighted by Gasteiger charge is 2.29. The molecule has 0 amide bonds. The lowest BCUT2D eigenvalue weighted by atomic mass is 10.1. The predicted octanol–water partition coefficient (Wildman–Crippen LogP) is 3.80. The van der Waals surface area contributed by atoms with Gasteiger partial charge in [0.1, 0.15) is 5.01 Å². The minimum atomic E-state index is -4.30. The molecule has 0 unspecified atom stereocenters. The number of nitrogens with zero attached hydrogens (tertiary/aromatic N) is 2. The molecule has 0 atom stereocenters. The lowest BCUT2D eigenvalue weighted by Gasteiger charge is -2.06. The molecular weight excluding hydrogens is 273 g/mol. The van der Waals surface area contributed by atoms with E-state index in [0.717, 1.165) is 17.7 Å². The molecule has 0 aliphatic rings. The predicted molar refractivity (Wildman–Crippen MR) is 59.2 cm³/mol. The molecule has 2 aromatic rings. The van der Waals surface area contributed by atoms with E-state index in [1.54, 1.807) is 0 Å². The third kappa shape index (κ3) is 3.17. The monoisotopic (exact) mass is 278 g/mol. The fourth-order valence-electron chi connectivity index (χ4n) is 1.29. The second kappa shape index (κ2) is 4.62. The smallest absolute Gasteiger partial charge is 0.166 e. The summed E-state index contributed by atoms with van der Waals surface area (Å²) in [4.78, 5) is 0. The minimum Gasteiger partial charge on any atom is -0.166 e. The molecule has 1 heterocycles. The van der Waals surface area contributed by atoms with Crippen LogP contribution in [0.5, 0.6) is 0 Å². The number of aromatic nitrogens is 2. The van der Waals surface area contributed by atoms with Crippen LogP contribution in [0.2, 0.25) is 4.47 Å².